The Hall–Kier alpha value is -2.74. The first-order chi connectivity index (χ1) is 13.4. The quantitative estimate of drug-likeness (QED) is 0.744. The minimum atomic E-state index is -3.75. The Morgan fingerprint density at radius 2 is 1.83 bits per heavy atom. The first-order valence-electron chi connectivity index (χ1n) is 9.24. The third-order valence-corrected chi connectivity index (χ3v) is 5.60. The third-order valence-electron chi connectivity index (χ3n) is 4.48. The highest BCUT2D eigenvalue weighted by Crippen LogP contribution is 2.32. The lowest BCUT2D eigenvalue weighted by atomic mass is 9.97. The Bertz CT molecular complexity index is 1070. The van der Waals surface area contributed by atoms with Crippen molar-refractivity contribution in [3.05, 3.63) is 47.7 Å². The maximum absolute atomic E-state index is 13.2. The summed E-state index contributed by atoms with van der Waals surface area (Å²) in [5.74, 6) is -0.708. The number of hydrogen-bond acceptors (Lipinski definition) is 6. The molecule has 1 atom stereocenters. The minimum Gasteiger partial charge on any atom is -0.443 e. The molecule has 29 heavy (non-hydrogen) atoms. The molecule has 7 nitrogen and oxygen atoms in total. The normalized spacial score (nSPS) is 17.1. The number of benzene rings is 1. The van der Waals surface area contributed by atoms with Gasteiger partial charge in [0, 0.05) is 24.3 Å². The van der Waals surface area contributed by atoms with Crippen LogP contribution < -0.4 is 0 Å². The van der Waals surface area contributed by atoms with E-state index in [1.165, 1.54) is 6.07 Å². The van der Waals surface area contributed by atoms with E-state index in [-0.39, 0.29) is 16.9 Å². The molecule has 0 N–H and O–H groups in total. The monoisotopic (exact) mass is 416 g/mol. The molecule has 3 rings (SSSR count). The average Bonchev–Trinajstić information content (AvgIpc) is 2.59. The smallest absolute Gasteiger partial charge is 0.417 e. The highest BCUT2D eigenvalue weighted by Gasteiger charge is 2.40. The van der Waals surface area contributed by atoms with Gasteiger partial charge in [0.1, 0.15) is 5.60 Å². The molecular weight excluding hydrogens is 392 g/mol. The van der Waals surface area contributed by atoms with Crippen molar-refractivity contribution in [2.45, 2.75) is 50.7 Å². The van der Waals surface area contributed by atoms with Gasteiger partial charge in [-0.25, -0.2) is 18.1 Å². The predicted octanol–water partition coefficient (Wildman–Crippen LogP) is 3.47. The van der Waals surface area contributed by atoms with Crippen molar-refractivity contribution in [2.24, 2.45) is 0 Å². The zero-order chi connectivity index (χ0) is 21.6. The van der Waals surface area contributed by atoms with Gasteiger partial charge in [0.15, 0.2) is 9.84 Å². The molecule has 8 heteroatoms. The fourth-order valence-corrected chi connectivity index (χ4v) is 4.17. The van der Waals surface area contributed by atoms with Crippen LogP contribution in [0.4, 0.5) is 4.79 Å². The average molecular weight is 416 g/mol. The number of hydrogen-bond donors (Lipinski definition) is 0. The molecule has 154 valence electrons. The van der Waals surface area contributed by atoms with Crippen molar-refractivity contribution in [3.8, 4) is 11.3 Å². The van der Waals surface area contributed by atoms with E-state index in [2.05, 4.69) is 4.98 Å². The van der Waals surface area contributed by atoms with Crippen molar-refractivity contribution >= 4 is 21.8 Å². The predicted molar refractivity (Wildman–Crippen MR) is 108 cm³/mol. The van der Waals surface area contributed by atoms with Gasteiger partial charge in [-0.2, -0.15) is 0 Å². The largest absolute Gasteiger partial charge is 0.443 e. The van der Waals surface area contributed by atoms with Gasteiger partial charge in [-0.1, -0.05) is 30.3 Å². The molecular formula is C21H24N2O5S. The summed E-state index contributed by atoms with van der Waals surface area (Å²) >= 11 is 0. The number of aromatic nitrogens is 1. The standard InChI is InChI=1S/C21H24N2O5S/c1-13-11-16-18(19(24)23(13)20(25)28-21(2,3)4)17(29(5,26)27)12-15(22-16)14-9-7-6-8-10-14/h6-10,12-13H,11H2,1-5H3. The van der Waals surface area contributed by atoms with Crippen LogP contribution >= 0.6 is 0 Å². The second-order valence-corrected chi connectivity index (χ2v) is 10.2. The van der Waals surface area contributed by atoms with Crippen molar-refractivity contribution in [2.75, 3.05) is 6.26 Å². The van der Waals surface area contributed by atoms with Crippen LogP contribution in [0.5, 0.6) is 0 Å². The highest BCUT2D eigenvalue weighted by molar-refractivity contribution is 7.90. The van der Waals surface area contributed by atoms with Crippen molar-refractivity contribution in [1.82, 2.24) is 9.88 Å². The Morgan fingerprint density at radius 3 is 2.38 bits per heavy atom. The Balaban J connectivity index is 2.16. The lowest BCUT2D eigenvalue weighted by Gasteiger charge is -2.34. The molecule has 0 spiro atoms. The molecule has 1 aromatic heterocycles. The zero-order valence-corrected chi connectivity index (χ0v) is 17.9. The lowest BCUT2D eigenvalue weighted by molar-refractivity contribution is 0.0162. The zero-order valence-electron chi connectivity index (χ0n) is 17.1. The highest BCUT2D eigenvalue weighted by atomic mass is 32.2. The third kappa shape index (κ3) is 4.32. The van der Waals surface area contributed by atoms with E-state index >= 15 is 0 Å². The van der Waals surface area contributed by atoms with Gasteiger partial charge in [0.25, 0.3) is 5.91 Å². The van der Waals surface area contributed by atoms with Crippen LogP contribution in [0.25, 0.3) is 11.3 Å². The van der Waals surface area contributed by atoms with Gasteiger partial charge in [-0.3, -0.25) is 9.78 Å². The first kappa shape index (κ1) is 21.0. The summed E-state index contributed by atoms with van der Waals surface area (Å²) in [6.07, 6.45) is 0.483. The lowest BCUT2D eigenvalue weighted by Crippen LogP contribution is -2.50. The Labute approximate surface area is 170 Å². The Morgan fingerprint density at radius 1 is 1.21 bits per heavy atom. The van der Waals surface area contributed by atoms with Crippen LogP contribution in [-0.2, 0) is 21.0 Å². The van der Waals surface area contributed by atoms with E-state index in [0.29, 0.717) is 11.4 Å². The molecule has 0 radical (unpaired) electrons. The molecule has 1 aromatic carbocycles. The second kappa shape index (κ2) is 7.26. The number of sulfone groups is 1. The summed E-state index contributed by atoms with van der Waals surface area (Å²) in [7, 11) is -3.75. The number of pyridine rings is 1. The molecule has 2 heterocycles. The molecule has 2 aromatic rings. The Kier molecular flexibility index (Phi) is 5.25. The number of rotatable bonds is 2. The number of amides is 2. The van der Waals surface area contributed by atoms with Crippen LogP contribution in [0.1, 0.15) is 43.7 Å². The summed E-state index contributed by atoms with van der Waals surface area (Å²) in [6, 6.07) is 10.0. The summed E-state index contributed by atoms with van der Waals surface area (Å²) in [4.78, 5) is 31.2. The SMILES string of the molecule is CC1Cc2nc(-c3ccccc3)cc(S(C)(=O)=O)c2C(=O)N1C(=O)OC(C)(C)C. The van der Waals surface area contributed by atoms with Crippen LogP contribution in [0.2, 0.25) is 0 Å². The van der Waals surface area contributed by atoms with Gasteiger partial charge in [-0.05, 0) is 33.8 Å². The topological polar surface area (TPSA) is 93.6 Å². The molecule has 1 unspecified atom stereocenters. The van der Waals surface area contributed by atoms with E-state index < -0.39 is 33.5 Å². The molecule has 1 aliphatic heterocycles. The minimum absolute atomic E-state index is 0.0591. The van der Waals surface area contributed by atoms with E-state index in [1.807, 2.05) is 30.3 Å². The van der Waals surface area contributed by atoms with Crippen molar-refractivity contribution < 1.29 is 22.7 Å². The van der Waals surface area contributed by atoms with Gasteiger partial charge >= 0.3 is 6.09 Å². The van der Waals surface area contributed by atoms with Gasteiger partial charge in [-0.15, -0.1) is 0 Å². The molecule has 1 aliphatic rings. The number of carbonyl (C=O) groups is 2. The number of carbonyl (C=O) groups excluding carboxylic acids is 2. The van der Waals surface area contributed by atoms with Crippen LogP contribution in [0.3, 0.4) is 0 Å². The number of imide groups is 1. The maximum atomic E-state index is 13.2. The fraction of sp³-hybridized carbons (Fsp3) is 0.381. The van der Waals surface area contributed by atoms with Gasteiger partial charge in [0.2, 0.25) is 0 Å². The summed E-state index contributed by atoms with van der Waals surface area (Å²) < 4.78 is 30.4. The van der Waals surface area contributed by atoms with E-state index in [9.17, 15) is 18.0 Å². The summed E-state index contributed by atoms with van der Waals surface area (Å²) in [5, 5.41) is 0. The molecule has 0 fully saturated rings. The number of nitrogens with zero attached hydrogens (tertiary/aromatic N) is 2. The molecule has 0 saturated carbocycles. The molecule has 0 saturated heterocycles. The number of fused-ring (bicyclic) bond motifs is 1. The van der Waals surface area contributed by atoms with Crippen LogP contribution in [0.15, 0.2) is 41.3 Å². The molecule has 0 bridgehead atoms. The van der Waals surface area contributed by atoms with E-state index in [4.69, 9.17) is 4.74 Å². The maximum Gasteiger partial charge on any atom is 0.417 e. The van der Waals surface area contributed by atoms with Gasteiger partial charge < -0.3 is 4.74 Å². The summed E-state index contributed by atoms with van der Waals surface area (Å²) in [6.45, 7) is 6.82. The first-order valence-corrected chi connectivity index (χ1v) is 11.1. The van der Waals surface area contributed by atoms with E-state index in [0.717, 1.165) is 16.7 Å². The number of ether oxygens (including phenoxy) is 1. The van der Waals surface area contributed by atoms with Crippen LogP contribution in [-0.4, -0.2) is 48.2 Å². The van der Waals surface area contributed by atoms with Crippen molar-refractivity contribution in [1.29, 1.82) is 0 Å². The molecule has 2 amide bonds. The fourth-order valence-electron chi connectivity index (χ4n) is 3.26. The van der Waals surface area contributed by atoms with Crippen LogP contribution in [0, 0.1) is 0 Å². The van der Waals surface area contributed by atoms with Gasteiger partial charge in [0.05, 0.1) is 21.8 Å². The van der Waals surface area contributed by atoms with E-state index in [1.54, 1.807) is 27.7 Å². The van der Waals surface area contributed by atoms with Crippen molar-refractivity contribution in [3.63, 3.8) is 0 Å². The molecule has 0 aliphatic carbocycles. The summed E-state index contributed by atoms with van der Waals surface area (Å²) in [5.41, 5.74) is 0.734. The second-order valence-electron chi connectivity index (χ2n) is 8.17.